The molecule has 0 N–H and O–H groups in total. The van der Waals surface area contributed by atoms with Gasteiger partial charge in [0.25, 0.3) is 0 Å². The third-order valence-electron chi connectivity index (χ3n) is 4.01. The zero-order valence-electron chi connectivity index (χ0n) is 13.0. The van der Waals surface area contributed by atoms with Crippen LogP contribution in [0.1, 0.15) is 5.56 Å². The van der Waals surface area contributed by atoms with Crippen molar-refractivity contribution in [3.8, 4) is 16.8 Å². The zero-order chi connectivity index (χ0) is 16.7. The largest absolute Gasteiger partial charge is 0.237 e. The molecule has 0 amide bonds. The van der Waals surface area contributed by atoms with Gasteiger partial charge < -0.3 is 0 Å². The summed E-state index contributed by atoms with van der Waals surface area (Å²) in [5.74, 6) is -0.310. The van der Waals surface area contributed by atoms with Gasteiger partial charge in [-0.05, 0) is 47.9 Å². The molecule has 0 radical (unpaired) electrons. The Morgan fingerprint density at radius 1 is 1.00 bits per heavy atom. The van der Waals surface area contributed by atoms with Crippen molar-refractivity contribution in [2.45, 2.75) is 6.92 Å². The second-order valence-electron chi connectivity index (χ2n) is 5.78. The highest BCUT2D eigenvalue weighted by molar-refractivity contribution is 9.10. The number of nitrogens with zero attached hydrogens (tertiary/aromatic N) is 2. The molecule has 0 saturated heterocycles. The number of hydrogen-bond donors (Lipinski definition) is 0. The molecule has 4 aromatic rings. The molecule has 4 heteroatoms. The van der Waals surface area contributed by atoms with Gasteiger partial charge in [0.2, 0.25) is 0 Å². The highest BCUT2D eigenvalue weighted by Gasteiger charge is 2.12. The first-order chi connectivity index (χ1) is 11.6. The molecule has 0 spiro atoms. The van der Waals surface area contributed by atoms with Crippen LogP contribution < -0.4 is 0 Å². The number of fused-ring (bicyclic) bond motifs is 1. The first-order valence-corrected chi connectivity index (χ1v) is 8.42. The van der Waals surface area contributed by atoms with Crippen LogP contribution in [0.4, 0.5) is 4.39 Å². The Morgan fingerprint density at radius 2 is 1.79 bits per heavy atom. The summed E-state index contributed by atoms with van der Waals surface area (Å²) in [5.41, 5.74) is 4.65. The standard InChI is InChI=1S/C20H14BrFN2/c1-13-9-16(14-5-3-2-4-6-14)17-12-24(23-19(17)10-13)20-8-7-15(21)11-18(20)22/h2-12H,1H3. The van der Waals surface area contributed by atoms with Crippen molar-refractivity contribution in [3.05, 3.63) is 82.7 Å². The molecule has 24 heavy (non-hydrogen) atoms. The first kappa shape index (κ1) is 15.1. The Morgan fingerprint density at radius 3 is 2.54 bits per heavy atom. The minimum Gasteiger partial charge on any atom is -0.237 e. The lowest BCUT2D eigenvalue weighted by molar-refractivity contribution is 0.611. The van der Waals surface area contributed by atoms with Crippen LogP contribution in [0.25, 0.3) is 27.7 Å². The topological polar surface area (TPSA) is 17.8 Å². The molecule has 3 aromatic carbocycles. The highest BCUT2D eigenvalue weighted by Crippen LogP contribution is 2.31. The Labute approximate surface area is 147 Å². The van der Waals surface area contributed by atoms with Gasteiger partial charge in [-0.25, -0.2) is 9.07 Å². The Kier molecular flexibility index (Phi) is 3.69. The molecule has 2 nitrogen and oxygen atoms in total. The molecule has 0 bridgehead atoms. The van der Waals surface area contributed by atoms with Crippen LogP contribution in [0.3, 0.4) is 0 Å². The number of halogens is 2. The molecule has 1 heterocycles. The number of aromatic nitrogens is 2. The summed E-state index contributed by atoms with van der Waals surface area (Å²) in [5, 5.41) is 5.59. The van der Waals surface area contributed by atoms with E-state index in [9.17, 15) is 4.39 Å². The van der Waals surface area contributed by atoms with Crippen molar-refractivity contribution in [1.29, 1.82) is 0 Å². The molecule has 0 aliphatic heterocycles. The van der Waals surface area contributed by atoms with Gasteiger partial charge in [-0.1, -0.05) is 52.3 Å². The molecule has 0 aliphatic rings. The Balaban J connectivity index is 1.95. The fraction of sp³-hybridized carbons (Fsp3) is 0.0500. The van der Waals surface area contributed by atoms with E-state index in [-0.39, 0.29) is 5.82 Å². The molecule has 1 aromatic heterocycles. The van der Waals surface area contributed by atoms with Crippen LogP contribution in [0.5, 0.6) is 0 Å². The predicted octanol–water partition coefficient (Wildman–Crippen LogP) is 5.90. The Bertz CT molecular complexity index is 1040. The van der Waals surface area contributed by atoms with Crippen molar-refractivity contribution in [3.63, 3.8) is 0 Å². The maximum Gasteiger partial charge on any atom is 0.149 e. The molecular formula is C20H14BrFN2. The predicted molar refractivity (Wildman–Crippen MR) is 98.9 cm³/mol. The molecular weight excluding hydrogens is 367 g/mol. The van der Waals surface area contributed by atoms with E-state index in [1.807, 2.05) is 43.5 Å². The number of benzene rings is 3. The molecule has 0 atom stereocenters. The monoisotopic (exact) mass is 380 g/mol. The van der Waals surface area contributed by atoms with Gasteiger partial charge in [-0.3, -0.25) is 0 Å². The maximum atomic E-state index is 14.3. The molecule has 0 fully saturated rings. The van der Waals surface area contributed by atoms with E-state index in [0.29, 0.717) is 10.2 Å². The van der Waals surface area contributed by atoms with E-state index in [1.54, 1.807) is 10.7 Å². The van der Waals surface area contributed by atoms with E-state index in [1.165, 1.54) is 6.07 Å². The van der Waals surface area contributed by atoms with Gasteiger partial charge in [0.15, 0.2) is 0 Å². The van der Waals surface area contributed by atoms with Crippen LogP contribution in [0.2, 0.25) is 0 Å². The number of rotatable bonds is 2. The van der Waals surface area contributed by atoms with Crippen LogP contribution in [-0.4, -0.2) is 9.78 Å². The van der Waals surface area contributed by atoms with Gasteiger partial charge >= 0.3 is 0 Å². The molecule has 4 rings (SSSR count). The second kappa shape index (κ2) is 5.87. The smallest absolute Gasteiger partial charge is 0.149 e. The zero-order valence-corrected chi connectivity index (χ0v) is 14.6. The minimum atomic E-state index is -0.310. The molecule has 0 unspecified atom stereocenters. The fourth-order valence-electron chi connectivity index (χ4n) is 2.91. The van der Waals surface area contributed by atoms with Gasteiger partial charge in [-0.15, -0.1) is 0 Å². The van der Waals surface area contributed by atoms with Gasteiger partial charge in [0, 0.05) is 16.1 Å². The van der Waals surface area contributed by atoms with E-state index in [0.717, 1.165) is 27.6 Å². The molecule has 0 aliphatic carbocycles. The normalized spacial score (nSPS) is 11.1. The second-order valence-corrected chi connectivity index (χ2v) is 6.70. The van der Waals surface area contributed by atoms with Crippen LogP contribution in [0, 0.1) is 12.7 Å². The number of aryl methyl sites for hydroxylation is 1. The van der Waals surface area contributed by atoms with Crippen molar-refractivity contribution in [2.75, 3.05) is 0 Å². The quantitative estimate of drug-likeness (QED) is 0.423. The van der Waals surface area contributed by atoms with Gasteiger partial charge in [0.1, 0.15) is 11.5 Å². The van der Waals surface area contributed by atoms with Crippen molar-refractivity contribution >= 4 is 26.8 Å². The summed E-state index contributed by atoms with van der Waals surface area (Å²) in [6, 6.07) is 19.3. The van der Waals surface area contributed by atoms with Crippen LogP contribution >= 0.6 is 15.9 Å². The van der Waals surface area contributed by atoms with E-state index >= 15 is 0 Å². The third-order valence-corrected chi connectivity index (χ3v) is 4.50. The lowest BCUT2D eigenvalue weighted by atomic mass is 10.00. The molecule has 0 saturated carbocycles. The van der Waals surface area contributed by atoms with Crippen molar-refractivity contribution < 1.29 is 4.39 Å². The van der Waals surface area contributed by atoms with Crippen molar-refractivity contribution in [1.82, 2.24) is 9.78 Å². The highest BCUT2D eigenvalue weighted by atomic mass is 79.9. The molecule has 118 valence electrons. The fourth-order valence-corrected chi connectivity index (χ4v) is 3.24. The minimum absolute atomic E-state index is 0.310. The average Bonchev–Trinajstić information content (AvgIpc) is 2.98. The van der Waals surface area contributed by atoms with Crippen LogP contribution in [-0.2, 0) is 0 Å². The van der Waals surface area contributed by atoms with Gasteiger partial charge in [-0.2, -0.15) is 5.10 Å². The SMILES string of the molecule is Cc1cc(-c2ccccc2)c2cn(-c3ccc(Br)cc3F)nc2c1. The average molecular weight is 381 g/mol. The summed E-state index contributed by atoms with van der Waals surface area (Å²) in [6.07, 6.45) is 1.89. The number of hydrogen-bond acceptors (Lipinski definition) is 1. The van der Waals surface area contributed by atoms with E-state index in [2.05, 4.69) is 39.2 Å². The van der Waals surface area contributed by atoms with E-state index in [4.69, 9.17) is 0 Å². The Hall–Kier alpha value is -2.46. The maximum absolute atomic E-state index is 14.3. The summed E-state index contributed by atoms with van der Waals surface area (Å²) in [4.78, 5) is 0. The third kappa shape index (κ3) is 2.63. The lowest BCUT2D eigenvalue weighted by Crippen LogP contribution is -1.97. The van der Waals surface area contributed by atoms with Crippen LogP contribution in [0.15, 0.2) is 71.3 Å². The summed E-state index contributed by atoms with van der Waals surface area (Å²) in [7, 11) is 0. The first-order valence-electron chi connectivity index (χ1n) is 7.63. The van der Waals surface area contributed by atoms with Gasteiger partial charge in [0.05, 0.1) is 5.52 Å². The van der Waals surface area contributed by atoms with E-state index < -0.39 is 0 Å². The lowest BCUT2D eigenvalue weighted by Gasteiger charge is -2.04. The summed E-state index contributed by atoms with van der Waals surface area (Å²) < 4.78 is 16.6. The summed E-state index contributed by atoms with van der Waals surface area (Å²) in [6.45, 7) is 2.05. The summed E-state index contributed by atoms with van der Waals surface area (Å²) >= 11 is 3.29. The van der Waals surface area contributed by atoms with Crippen molar-refractivity contribution in [2.24, 2.45) is 0 Å².